The van der Waals surface area contributed by atoms with E-state index >= 15 is 0 Å². The average molecular weight is 286 g/mol. The summed E-state index contributed by atoms with van der Waals surface area (Å²) in [6, 6.07) is 11.8. The maximum atomic E-state index is 2.64. The van der Waals surface area contributed by atoms with Crippen LogP contribution in [0.3, 0.4) is 0 Å². The molecule has 1 atom stereocenters. The Balaban J connectivity index is 1.39. The highest BCUT2D eigenvalue weighted by Gasteiger charge is 2.33. The summed E-state index contributed by atoms with van der Waals surface area (Å²) < 4.78 is 0. The lowest BCUT2D eigenvalue weighted by molar-refractivity contribution is 0.112. The van der Waals surface area contributed by atoms with Crippen molar-refractivity contribution in [3.63, 3.8) is 0 Å². The van der Waals surface area contributed by atoms with Crippen LogP contribution >= 0.6 is 0 Å². The molecule has 0 radical (unpaired) electrons. The van der Waals surface area contributed by atoms with E-state index in [1.54, 1.807) is 0 Å². The van der Waals surface area contributed by atoms with E-state index in [1.165, 1.54) is 57.4 Å². The highest BCUT2D eigenvalue weighted by Crippen LogP contribution is 2.39. The lowest BCUT2D eigenvalue weighted by atomic mass is 9.75. The standard InChI is InChI=1S/C19H30N2/c1-16(15-21-10-6-7-11-21)14-20(2)19-12-18(13-19)17-8-4-3-5-9-17/h3-5,8-9,16,18-19H,6-7,10-15H2,1-2H3/t16-,18?,19?/m1/s1. The SMILES string of the molecule is C[C@@H](CN1CCCC1)CN(C)C1CC(c2ccccc2)C1. The Morgan fingerprint density at radius 1 is 1.14 bits per heavy atom. The summed E-state index contributed by atoms with van der Waals surface area (Å²) in [4.78, 5) is 5.26. The van der Waals surface area contributed by atoms with Crippen molar-refractivity contribution in [2.75, 3.05) is 33.2 Å². The molecule has 3 rings (SSSR count). The molecule has 1 aromatic carbocycles. The Labute approximate surface area is 130 Å². The summed E-state index contributed by atoms with van der Waals surface area (Å²) >= 11 is 0. The van der Waals surface area contributed by atoms with Gasteiger partial charge in [0.2, 0.25) is 0 Å². The molecule has 1 heterocycles. The molecule has 1 saturated heterocycles. The first kappa shape index (κ1) is 15.1. The van der Waals surface area contributed by atoms with E-state index in [4.69, 9.17) is 0 Å². The van der Waals surface area contributed by atoms with E-state index in [0.29, 0.717) is 0 Å². The van der Waals surface area contributed by atoms with Gasteiger partial charge in [-0.3, -0.25) is 0 Å². The molecule has 2 nitrogen and oxygen atoms in total. The molecule has 116 valence electrons. The fourth-order valence-corrected chi connectivity index (χ4v) is 4.05. The second kappa shape index (κ2) is 6.93. The van der Waals surface area contributed by atoms with Gasteiger partial charge in [-0.2, -0.15) is 0 Å². The Morgan fingerprint density at radius 2 is 1.81 bits per heavy atom. The summed E-state index contributed by atoms with van der Waals surface area (Å²) in [6.07, 6.45) is 5.50. The highest BCUT2D eigenvalue weighted by molar-refractivity contribution is 5.22. The van der Waals surface area contributed by atoms with E-state index in [0.717, 1.165) is 17.9 Å². The molecular formula is C19H30N2. The molecule has 0 bridgehead atoms. The van der Waals surface area contributed by atoms with E-state index in [-0.39, 0.29) is 0 Å². The Hall–Kier alpha value is -0.860. The van der Waals surface area contributed by atoms with Gasteiger partial charge in [-0.15, -0.1) is 0 Å². The summed E-state index contributed by atoms with van der Waals surface area (Å²) in [5.74, 6) is 1.59. The second-order valence-corrected chi connectivity index (χ2v) is 7.29. The molecule has 21 heavy (non-hydrogen) atoms. The predicted octanol–water partition coefficient (Wildman–Crippen LogP) is 3.60. The van der Waals surface area contributed by atoms with Gasteiger partial charge in [-0.25, -0.2) is 0 Å². The Kier molecular flexibility index (Phi) is 4.97. The number of hydrogen-bond acceptors (Lipinski definition) is 2. The van der Waals surface area contributed by atoms with Crippen LogP contribution in [0.4, 0.5) is 0 Å². The second-order valence-electron chi connectivity index (χ2n) is 7.29. The maximum absolute atomic E-state index is 2.64. The summed E-state index contributed by atoms with van der Waals surface area (Å²) in [7, 11) is 2.33. The first-order valence-electron chi connectivity index (χ1n) is 8.70. The number of likely N-dealkylation sites (tertiary alicyclic amines) is 1. The van der Waals surface area contributed by atoms with Gasteiger partial charge < -0.3 is 9.80 Å². The number of benzene rings is 1. The molecule has 2 heteroatoms. The molecule has 0 spiro atoms. The van der Waals surface area contributed by atoms with Gasteiger partial charge in [0.25, 0.3) is 0 Å². The van der Waals surface area contributed by atoms with Gasteiger partial charge in [0.1, 0.15) is 0 Å². The van der Waals surface area contributed by atoms with Gasteiger partial charge in [-0.1, -0.05) is 37.3 Å². The van der Waals surface area contributed by atoms with E-state index in [9.17, 15) is 0 Å². The van der Waals surface area contributed by atoms with Crippen LogP contribution in [0.2, 0.25) is 0 Å². The summed E-state index contributed by atoms with van der Waals surface area (Å²) in [5.41, 5.74) is 1.53. The third-order valence-electron chi connectivity index (χ3n) is 5.38. The van der Waals surface area contributed by atoms with E-state index < -0.39 is 0 Å². The zero-order valence-electron chi connectivity index (χ0n) is 13.7. The smallest absolute Gasteiger partial charge is 0.0104 e. The Morgan fingerprint density at radius 3 is 2.48 bits per heavy atom. The first-order chi connectivity index (χ1) is 10.2. The molecule has 2 aliphatic rings. The minimum atomic E-state index is 0.795. The average Bonchev–Trinajstić information content (AvgIpc) is 2.90. The minimum Gasteiger partial charge on any atom is -0.303 e. The molecule has 2 fully saturated rings. The monoisotopic (exact) mass is 286 g/mol. The van der Waals surface area contributed by atoms with E-state index in [2.05, 4.69) is 54.1 Å². The van der Waals surface area contributed by atoms with Crippen molar-refractivity contribution in [2.45, 2.75) is 44.6 Å². The third kappa shape index (κ3) is 3.87. The molecule has 0 N–H and O–H groups in total. The molecule has 0 aromatic heterocycles. The van der Waals surface area contributed by atoms with Gasteiger partial charge in [0, 0.05) is 19.1 Å². The van der Waals surface area contributed by atoms with Crippen LogP contribution in [0.5, 0.6) is 0 Å². The van der Waals surface area contributed by atoms with Crippen molar-refractivity contribution < 1.29 is 0 Å². The van der Waals surface area contributed by atoms with Crippen LogP contribution in [0, 0.1) is 5.92 Å². The van der Waals surface area contributed by atoms with Gasteiger partial charge in [-0.05, 0) is 63.2 Å². The molecule has 1 aliphatic carbocycles. The zero-order valence-corrected chi connectivity index (χ0v) is 13.7. The lowest BCUT2D eigenvalue weighted by Gasteiger charge is -2.42. The topological polar surface area (TPSA) is 6.48 Å². The fraction of sp³-hybridized carbons (Fsp3) is 0.684. The largest absolute Gasteiger partial charge is 0.303 e. The fourth-order valence-electron chi connectivity index (χ4n) is 4.05. The first-order valence-corrected chi connectivity index (χ1v) is 8.70. The van der Waals surface area contributed by atoms with Crippen molar-refractivity contribution in [3.8, 4) is 0 Å². The third-order valence-corrected chi connectivity index (χ3v) is 5.38. The normalized spacial score (nSPS) is 27.8. The van der Waals surface area contributed by atoms with Crippen LogP contribution in [0.25, 0.3) is 0 Å². The van der Waals surface area contributed by atoms with Gasteiger partial charge in [0.05, 0.1) is 0 Å². The van der Waals surface area contributed by atoms with Gasteiger partial charge >= 0.3 is 0 Å². The summed E-state index contributed by atoms with van der Waals surface area (Å²) in [5, 5.41) is 0. The van der Waals surface area contributed by atoms with Crippen LogP contribution in [-0.2, 0) is 0 Å². The number of hydrogen-bond donors (Lipinski definition) is 0. The van der Waals surface area contributed by atoms with Crippen LogP contribution in [-0.4, -0.2) is 49.1 Å². The highest BCUT2D eigenvalue weighted by atomic mass is 15.2. The molecule has 1 aromatic rings. The molecular weight excluding hydrogens is 256 g/mol. The van der Waals surface area contributed by atoms with Crippen LogP contribution < -0.4 is 0 Å². The van der Waals surface area contributed by atoms with Crippen LogP contribution in [0.1, 0.15) is 44.1 Å². The predicted molar refractivity (Wildman–Crippen MR) is 89.7 cm³/mol. The molecule has 0 unspecified atom stereocenters. The molecule has 1 aliphatic heterocycles. The Bertz CT molecular complexity index is 418. The van der Waals surface area contributed by atoms with Crippen LogP contribution in [0.15, 0.2) is 30.3 Å². The number of nitrogens with zero attached hydrogens (tertiary/aromatic N) is 2. The quantitative estimate of drug-likeness (QED) is 0.788. The maximum Gasteiger partial charge on any atom is 0.0104 e. The van der Waals surface area contributed by atoms with Crippen molar-refractivity contribution in [1.29, 1.82) is 0 Å². The van der Waals surface area contributed by atoms with Crippen molar-refractivity contribution in [2.24, 2.45) is 5.92 Å². The zero-order chi connectivity index (χ0) is 14.7. The van der Waals surface area contributed by atoms with Gasteiger partial charge in [0.15, 0.2) is 0 Å². The van der Waals surface area contributed by atoms with Crippen molar-refractivity contribution >= 4 is 0 Å². The number of rotatable bonds is 6. The summed E-state index contributed by atoms with van der Waals surface area (Å²) in [6.45, 7) is 7.62. The van der Waals surface area contributed by atoms with Crippen molar-refractivity contribution in [1.82, 2.24) is 9.80 Å². The van der Waals surface area contributed by atoms with E-state index in [1.807, 2.05) is 0 Å². The van der Waals surface area contributed by atoms with Crippen molar-refractivity contribution in [3.05, 3.63) is 35.9 Å². The minimum absolute atomic E-state index is 0.795. The lowest BCUT2D eigenvalue weighted by Crippen LogP contribution is -2.44. The molecule has 1 saturated carbocycles. The molecule has 0 amide bonds.